The van der Waals surface area contributed by atoms with E-state index in [1.807, 2.05) is 0 Å². The van der Waals surface area contributed by atoms with E-state index in [9.17, 15) is 18.7 Å². The van der Waals surface area contributed by atoms with Crippen LogP contribution in [-0.2, 0) is 4.79 Å². The number of imidazole rings is 1. The zero-order chi connectivity index (χ0) is 15.7. The predicted molar refractivity (Wildman–Crippen MR) is 73.0 cm³/mol. The van der Waals surface area contributed by atoms with Crippen molar-refractivity contribution in [1.82, 2.24) is 14.9 Å². The normalized spacial score (nSPS) is 21.8. The maximum atomic E-state index is 13.1. The molecule has 0 radical (unpaired) electrons. The van der Waals surface area contributed by atoms with Crippen molar-refractivity contribution in [1.29, 1.82) is 0 Å². The van der Waals surface area contributed by atoms with Gasteiger partial charge in [0.05, 0.1) is 5.60 Å². The fourth-order valence-electron chi connectivity index (χ4n) is 2.58. The third-order valence-corrected chi connectivity index (χ3v) is 4.16. The van der Waals surface area contributed by atoms with Crippen LogP contribution in [0.3, 0.4) is 0 Å². The van der Waals surface area contributed by atoms with Gasteiger partial charge in [0.2, 0.25) is 11.8 Å². The first kappa shape index (κ1) is 15.9. The van der Waals surface area contributed by atoms with Crippen LogP contribution in [-0.4, -0.2) is 38.6 Å². The number of hydrogen-bond acceptors (Lipinski definition) is 3. The number of nitrogens with one attached hydrogen (secondary N) is 1. The number of rotatable bonds is 4. The van der Waals surface area contributed by atoms with Gasteiger partial charge in [-0.1, -0.05) is 0 Å². The first-order valence-corrected chi connectivity index (χ1v) is 7.10. The summed E-state index contributed by atoms with van der Waals surface area (Å²) in [5, 5.41) is 12.9. The van der Waals surface area contributed by atoms with Gasteiger partial charge in [-0.05, 0) is 26.7 Å². The second kappa shape index (κ2) is 5.71. The Morgan fingerprint density at radius 1 is 1.48 bits per heavy atom. The average Bonchev–Trinajstić information content (AvgIpc) is 2.85. The van der Waals surface area contributed by atoms with Crippen LogP contribution in [0, 0.1) is 6.92 Å². The molecule has 1 aliphatic rings. The summed E-state index contributed by atoms with van der Waals surface area (Å²) < 4.78 is 27.9. The summed E-state index contributed by atoms with van der Waals surface area (Å²) in [6, 6.07) is -0.457. The van der Waals surface area contributed by atoms with E-state index >= 15 is 0 Å². The largest absolute Gasteiger partial charge is 0.388 e. The number of aliphatic hydroxyl groups is 1. The zero-order valence-electron chi connectivity index (χ0n) is 12.3. The minimum atomic E-state index is -2.70. The highest BCUT2D eigenvalue weighted by Crippen LogP contribution is 2.38. The molecule has 0 spiro atoms. The summed E-state index contributed by atoms with van der Waals surface area (Å²) >= 11 is 0. The Bertz CT molecular complexity index is 506. The van der Waals surface area contributed by atoms with Crippen molar-refractivity contribution in [3.63, 3.8) is 0 Å². The molecule has 0 saturated heterocycles. The van der Waals surface area contributed by atoms with Crippen LogP contribution in [0.25, 0.3) is 0 Å². The van der Waals surface area contributed by atoms with Gasteiger partial charge >= 0.3 is 0 Å². The number of hydrogen-bond donors (Lipinski definition) is 2. The van der Waals surface area contributed by atoms with Crippen LogP contribution in [0.4, 0.5) is 8.78 Å². The number of amides is 1. The third-order valence-electron chi connectivity index (χ3n) is 4.16. The van der Waals surface area contributed by atoms with Gasteiger partial charge in [-0.2, -0.15) is 0 Å². The number of aryl methyl sites for hydroxylation is 1. The number of carbonyl (C=O) groups excluding carboxylic acids is 1. The van der Waals surface area contributed by atoms with Gasteiger partial charge in [-0.25, -0.2) is 13.8 Å². The summed E-state index contributed by atoms with van der Waals surface area (Å²) in [5.74, 6) is -2.24. The van der Waals surface area contributed by atoms with E-state index in [0.29, 0.717) is 5.82 Å². The van der Waals surface area contributed by atoms with Crippen molar-refractivity contribution in [3.8, 4) is 0 Å². The number of halogens is 2. The second-order valence-corrected chi connectivity index (χ2v) is 5.86. The van der Waals surface area contributed by atoms with Crippen molar-refractivity contribution in [2.45, 2.75) is 57.1 Å². The fourth-order valence-corrected chi connectivity index (χ4v) is 2.58. The number of aromatic nitrogens is 2. The summed E-state index contributed by atoms with van der Waals surface area (Å²) in [4.78, 5) is 16.1. The van der Waals surface area contributed by atoms with E-state index in [4.69, 9.17) is 0 Å². The van der Waals surface area contributed by atoms with Crippen molar-refractivity contribution in [3.05, 3.63) is 18.2 Å². The van der Waals surface area contributed by atoms with E-state index in [1.54, 1.807) is 30.8 Å². The topological polar surface area (TPSA) is 67.2 Å². The Balaban J connectivity index is 1.88. The van der Waals surface area contributed by atoms with Gasteiger partial charge in [-0.3, -0.25) is 4.79 Å². The molecular weight excluding hydrogens is 280 g/mol. The average molecular weight is 301 g/mol. The van der Waals surface area contributed by atoms with Gasteiger partial charge in [0.15, 0.2) is 0 Å². The van der Waals surface area contributed by atoms with Crippen LogP contribution < -0.4 is 5.32 Å². The van der Waals surface area contributed by atoms with Crippen LogP contribution in [0.15, 0.2) is 12.4 Å². The number of alkyl halides is 2. The number of nitrogens with zero attached hydrogens (tertiary/aromatic N) is 2. The van der Waals surface area contributed by atoms with E-state index < -0.39 is 17.6 Å². The van der Waals surface area contributed by atoms with Gasteiger partial charge in [-0.15, -0.1) is 0 Å². The lowest BCUT2D eigenvalue weighted by Crippen LogP contribution is -2.48. The molecule has 0 aromatic carbocycles. The summed E-state index contributed by atoms with van der Waals surface area (Å²) in [5.41, 5.74) is -1.24. The fraction of sp³-hybridized carbons (Fsp3) is 0.714. The molecule has 7 heteroatoms. The lowest BCUT2D eigenvalue weighted by atomic mass is 9.82. The Kier molecular flexibility index (Phi) is 4.32. The summed E-state index contributed by atoms with van der Waals surface area (Å²) in [7, 11) is 0. The molecule has 1 fully saturated rings. The first-order chi connectivity index (χ1) is 9.72. The molecule has 1 saturated carbocycles. The standard InChI is InChI=1S/C14H21F2N3O2/c1-10(19-8-7-17-11(19)2)12(20)18-9-13(21)3-5-14(15,16)6-4-13/h7-8,10,21H,3-6,9H2,1-2H3,(H,18,20)/t10-/m1/s1. The lowest BCUT2D eigenvalue weighted by Gasteiger charge is -2.36. The highest BCUT2D eigenvalue weighted by molar-refractivity contribution is 5.80. The molecule has 0 bridgehead atoms. The maximum Gasteiger partial charge on any atom is 0.248 e. The smallest absolute Gasteiger partial charge is 0.248 e. The zero-order valence-corrected chi connectivity index (χ0v) is 12.3. The van der Waals surface area contributed by atoms with Gasteiger partial charge in [0.25, 0.3) is 0 Å². The molecule has 0 unspecified atom stereocenters. The van der Waals surface area contributed by atoms with Crippen LogP contribution in [0.2, 0.25) is 0 Å². The van der Waals surface area contributed by atoms with Gasteiger partial charge in [0, 0.05) is 31.8 Å². The Hall–Kier alpha value is -1.50. The van der Waals surface area contributed by atoms with Crippen molar-refractivity contribution < 1.29 is 18.7 Å². The molecule has 5 nitrogen and oxygen atoms in total. The van der Waals surface area contributed by atoms with E-state index in [2.05, 4.69) is 10.3 Å². The monoisotopic (exact) mass is 301 g/mol. The molecule has 1 aromatic rings. The predicted octanol–water partition coefficient (Wildman–Crippen LogP) is 1.81. The van der Waals surface area contributed by atoms with Crippen LogP contribution >= 0.6 is 0 Å². The molecule has 1 aliphatic carbocycles. The second-order valence-electron chi connectivity index (χ2n) is 5.86. The Labute approximate surface area is 122 Å². The van der Waals surface area contributed by atoms with E-state index in [1.165, 1.54) is 0 Å². The third kappa shape index (κ3) is 3.78. The maximum absolute atomic E-state index is 13.1. The molecule has 2 rings (SSSR count). The Morgan fingerprint density at radius 3 is 2.62 bits per heavy atom. The van der Waals surface area contributed by atoms with E-state index in [0.717, 1.165) is 0 Å². The molecule has 2 N–H and O–H groups in total. The van der Waals surface area contributed by atoms with Crippen LogP contribution in [0.5, 0.6) is 0 Å². The molecular formula is C14H21F2N3O2. The van der Waals surface area contributed by atoms with E-state index in [-0.39, 0.29) is 38.1 Å². The minimum Gasteiger partial charge on any atom is -0.388 e. The molecule has 1 amide bonds. The SMILES string of the molecule is Cc1nccn1[C@H](C)C(=O)NCC1(O)CCC(F)(F)CC1. The molecule has 1 aromatic heterocycles. The van der Waals surface area contributed by atoms with Crippen molar-refractivity contribution in [2.75, 3.05) is 6.54 Å². The van der Waals surface area contributed by atoms with Crippen molar-refractivity contribution in [2.24, 2.45) is 0 Å². The summed E-state index contributed by atoms with van der Waals surface area (Å²) in [6.07, 6.45) is 2.63. The van der Waals surface area contributed by atoms with Gasteiger partial charge < -0.3 is 15.0 Å². The highest BCUT2D eigenvalue weighted by Gasteiger charge is 2.42. The summed E-state index contributed by atoms with van der Waals surface area (Å²) in [6.45, 7) is 3.52. The first-order valence-electron chi connectivity index (χ1n) is 7.10. The van der Waals surface area contributed by atoms with Crippen LogP contribution in [0.1, 0.15) is 44.5 Å². The highest BCUT2D eigenvalue weighted by atomic mass is 19.3. The lowest BCUT2D eigenvalue weighted by molar-refractivity contribution is -0.128. The van der Waals surface area contributed by atoms with Gasteiger partial charge in [0.1, 0.15) is 11.9 Å². The minimum absolute atomic E-state index is 0.00000189. The molecule has 1 heterocycles. The Morgan fingerprint density at radius 2 is 2.10 bits per heavy atom. The molecule has 0 aliphatic heterocycles. The van der Waals surface area contributed by atoms with Crippen molar-refractivity contribution >= 4 is 5.91 Å². The number of carbonyl (C=O) groups is 1. The molecule has 21 heavy (non-hydrogen) atoms. The molecule has 118 valence electrons. The quantitative estimate of drug-likeness (QED) is 0.891. The molecule has 1 atom stereocenters.